The summed E-state index contributed by atoms with van der Waals surface area (Å²) >= 11 is 0. The molecule has 3 aliphatic rings. The lowest BCUT2D eigenvalue weighted by Crippen LogP contribution is -2.39. The molecule has 5 atom stereocenters. The van der Waals surface area contributed by atoms with Gasteiger partial charge in [-0.15, -0.1) is 0 Å². The predicted molar refractivity (Wildman–Crippen MR) is 83.6 cm³/mol. The van der Waals surface area contributed by atoms with Crippen molar-refractivity contribution in [2.75, 3.05) is 7.11 Å². The van der Waals surface area contributed by atoms with Crippen LogP contribution in [0, 0.1) is 17.3 Å². The van der Waals surface area contributed by atoms with Gasteiger partial charge in [0.25, 0.3) is 0 Å². The lowest BCUT2D eigenvalue weighted by atomic mass is 9.56. The summed E-state index contributed by atoms with van der Waals surface area (Å²) in [5, 5.41) is 10.2. The summed E-state index contributed by atoms with van der Waals surface area (Å²) in [7, 11) is 1.75. The van der Waals surface area contributed by atoms with E-state index in [0.29, 0.717) is 11.3 Å². The van der Waals surface area contributed by atoms with E-state index in [2.05, 4.69) is 25.1 Å². The van der Waals surface area contributed by atoms with Crippen molar-refractivity contribution in [3.05, 3.63) is 29.3 Å². The Hall–Kier alpha value is -1.02. The van der Waals surface area contributed by atoms with E-state index < -0.39 is 0 Å². The van der Waals surface area contributed by atoms with Crippen LogP contribution in [0.15, 0.2) is 18.2 Å². The average molecular weight is 286 g/mol. The molecule has 2 fully saturated rings. The summed E-state index contributed by atoms with van der Waals surface area (Å²) in [6.07, 6.45) is 7.04. The Morgan fingerprint density at radius 3 is 2.95 bits per heavy atom. The third kappa shape index (κ3) is 2.03. The Labute approximate surface area is 127 Å². The Morgan fingerprint density at radius 1 is 1.29 bits per heavy atom. The van der Waals surface area contributed by atoms with Crippen molar-refractivity contribution in [1.29, 1.82) is 0 Å². The van der Waals surface area contributed by atoms with Gasteiger partial charge in [0.15, 0.2) is 0 Å². The van der Waals surface area contributed by atoms with Crippen LogP contribution >= 0.6 is 0 Å². The predicted octanol–water partition coefficient (Wildman–Crippen LogP) is 3.91. The minimum Gasteiger partial charge on any atom is -0.497 e. The number of hydrogen-bond donors (Lipinski definition) is 1. The van der Waals surface area contributed by atoms with Gasteiger partial charge >= 0.3 is 0 Å². The van der Waals surface area contributed by atoms with Gasteiger partial charge < -0.3 is 9.84 Å². The highest BCUT2D eigenvalue weighted by atomic mass is 16.5. The highest BCUT2D eigenvalue weighted by Crippen LogP contribution is 2.60. The second-order valence-electron chi connectivity index (χ2n) is 7.77. The zero-order valence-electron chi connectivity index (χ0n) is 13.1. The molecule has 0 radical (unpaired) electrons. The summed E-state index contributed by atoms with van der Waals surface area (Å²) in [5.41, 5.74) is 3.46. The number of rotatable bonds is 1. The number of methoxy groups -OCH3 is 1. The maximum Gasteiger partial charge on any atom is 0.119 e. The largest absolute Gasteiger partial charge is 0.497 e. The van der Waals surface area contributed by atoms with E-state index in [0.717, 1.165) is 30.4 Å². The zero-order valence-corrected chi connectivity index (χ0v) is 13.1. The number of aliphatic hydroxyl groups excluding tert-OH is 1. The highest BCUT2D eigenvalue weighted by Gasteiger charge is 2.52. The SMILES string of the molecule is COc1ccc2c(c1)CC[C@@H]1[C@@H]2CC[C@]2(C)CC(O)C[C@@H]12. The monoisotopic (exact) mass is 286 g/mol. The smallest absolute Gasteiger partial charge is 0.119 e. The molecule has 0 heterocycles. The quantitative estimate of drug-likeness (QED) is 0.848. The second kappa shape index (κ2) is 4.74. The number of hydrogen-bond acceptors (Lipinski definition) is 2. The van der Waals surface area contributed by atoms with E-state index in [9.17, 15) is 5.11 Å². The van der Waals surface area contributed by atoms with Crippen LogP contribution in [0.4, 0.5) is 0 Å². The first kappa shape index (κ1) is 13.6. The fourth-order valence-corrected chi connectivity index (χ4v) is 5.71. The standard InChI is InChI=1S/C19H26O2/c1-19-8-7-16-15-6-4-14(21-2)9-12(15)3-5-17(16)18(19)10-13(20)11-19/h4,6,9,13,16-18,20H,3,5,7-8,10-11H2,1-2H3/t13?,16-,17-,18+,19-/m1/s1. The van der Waals surface area contributed by atoms with Crippen LogP contribution in [0.5, 0.6) is 5.75 Å². The summed E-state index contributed by atoms with van der Waals surface area (Å²) in [6, 6.07) is 6.67. The van der Waals surface area contributed by atoms with Crippen LogP contribution in [0.1, 0.15) is 56.1 Å². The molecular weight excluding hydrogens is 260 g/mol. The minimum atomic E-state index is -0.0592. The van der Waals surface area contributed by atoms with Crippen LogP contribution < -0.4 is 4.74 Å². The number of ether oxygens (including phenoxy) is 1. The summed E-state index contributed by atoms with van der Waals surface area (Å²) in [6.45, 7) is 2.42. The molecule has 0 saturated heterocycles. The molecule has 0 bridgehead atoms. The molecule has 0 amide bonds. The summed E-state index contributed by atoms with van der Waals surface area (Å²) < 4.78 is 5.38. The minimum absolute atomic E-state index is 0.0592. The van der Waals surface area contributed by atoms with E-state index in [1.165, 1.54) is 31.2 Å². The molecule has 114 valence electrons. The number of benzene rings is 1. The maximum atomic E-state index is 10.2. The molecule has 2 heteroatoms. The van der Waals surface area contributed by atoms with Gasteiger partial charge in [0.05, 0.1) is 13.2 Å². The molecule has 4 rings (SSSR count). The van der Waals surface area contributed by atoms with Crippen molar-refractivity contribution in [3.8, 4) is 5.75 Å². The molecule has 1 N–H and O–H groups in total. The van der Waals surface area contributed by atoms with Gasteiger partial charge in [0.1, 0.15) is 5.75 Å². The van der Waals surface area contributed by atoms with Gasteiger partial charge in [0, 0.05) is 0 Å². The van der Waals surface area contributed by atoms with E-state index in [1.54, 1.807) is 12.7 Å². The van der Waals surface area contributed by atoms with Gasteiger partial charge in [-0.1, -0.05) is 13.0 Å². The third-order valence-corrected chi connectivity index (χ3v) is 6.68. The van der Waals surface area contributed by atoms with Crippen LogP contribution in [0.25, 0.3) is 0 Å². The molecule has 0 spiro atoms. The van der Waals surface area contributed by atoms with Gasteiger partial charge in [0.2, 0.25) is 0 Å². The molecule has 2 nitrogen and oxygen atoms in total. The Morgan fingerprint density at radius 2 is 2.14 bits per heavy atom. The van der Waals surface area contributed by atoms with Crippen molar-refractivity contribution in [3.63, 3.8) is 0 Å². The van der Waals surface area contributed by atoms with E-state index >= 15 is 0 Å². The lowest BCUT2D eigenvalue weighted by Gasteiger charge is -2.49. The van der Waals surface area contributed by atoms with Crippen molar-refractivity contribution in [2.24, 2.45) is 17.3 Å². The number of aliphatic hydroxyl groups is 1. The molecule has 1 aromatic rings. The normalized spacial score (nSPS) is 41.1. The third-order valence-electron chi connectivity index (χ3n) is 6.68. The Kier molecular flexibility index (Phi) is 3.08. The van der Waals surface area contributed by atoms with Gasteiger partial charge in [-0.3, -0.25) is 0 Å². The molecule has 3 aliphatic carbocycles. The molecule has 0 aromatic heterocycles. The maximum absolute atomic E-state index is 10.2. The van der Waals surface area contributed by atoms with Gasteiger partial charge in [-0.05, 0) is 85.0 Å². The first-order chi connectivity index (χ1) is 10.1. The molecular formula is C19H26O2. The first-order valence-corrected chi connectivity index (χ1v) is 8.45. The first-order valence-electron chi connectivity index (χ1n) is 8.45. The van der Waals surface area contributed by atoms with Gasteiger partial charge in [-0.25, -0.2) is 0 Å². The van der Waals surface area contributed by atoms with Crippen molar-refractivity contribution in [1.82, 2.24) is 0 Å². The topological polar surface area (TPSA) is 29.5 Å². The van der Waals surface area contributed by atoms with Crippen LogP contribution in [-0.4, -0.2) is 18.3 Å². The van der Waals surface area contributed by atoms with E-state index in [-0.39, 0.29) is 6.10 Å². The number of fused-ring (bicyclic) bond motifs is 5. The lowest BCUT2D eigenvalue weighted by molar-refractivity contribution is 0.0596. The molecule has 0 aliphatic heterocycles. The van der Waals surface area contributed by atoms with Crippen molar-refractivity contribution >= 4 is 0 Å². The Balaban J connectivity index is 1.68. The highest BCUT2D eigenvalue weighted by molar-refractivity contribution is 5.40. The molecule has 21 heavy (non-hydrogen) atoms. The average Bonchev–Trinajstić information content (AvgIpc) is 2.80. The number of aryl methyl sites for hydroxylation is 1. The molecule has 1 unspecified atom stereocenters. The summed E-state index contributed by atoms with van der Waals surface area (Å²) in [4.78, 5) is 0. The van der Waals surface area contributed by atoms with Gasteiger partial charge in [-0.2, -0.15) is 0 Å². The van der Waals surface area contributed by atoms with Crippen LogP contribution in [-0.2, 0) is 6.42 Å². The van der Waals surface area contributed by atoms with E-state index in [4.69, 9.17) is 4.74 Å². The fraction of sp³-hybridized carbons (Fsp3) is 0.684. The van der Waals surface area contributed by atoms with Crippen LogP contribution in [0.2, 0.25) is 0 Å². The molecule has 1 aromatic carbocycles. The molecule has 2 saturated carbocycles. The zero-order chi connectivity index (χ0) is 14.6. The summed E-state index contributed by atoms with van der Waals surface area (Å²) in [5.74, 6) is 3.20. The van der Waals surface area contributed by atoms with Crippen molar-refractivity contribution < 1.29 is 9.84 Å². The Bertz CT molecular complexity index is 552. The van der Waals surface area contributed by atoms with E-state index in [1.807, 2.05) is 0 Å². The fourth-order valence-electron chi connectivity index (χ4n) is 5.71. The van der Waals surface area contributed by atoms with Crippen molar-refractivity contribution in [2.45, 2.75) is 57.5 Å². The van der Waals surface area contributed by atoms with Crippen LogP contribution in [0.3, 0.4) is 0 Å². The second-order valence-corrected chi connectivity index (χ2v) is 7.77.